The van der Waals surface area contributed by atoms with Crippen molar-refractivity contribution in [3.8, 4) is 0 Å². The first kappa shape index (κ1) is 27.0. The minimum atomic E-state index is -0.491. The lowest BCUT2D eigenvalue weighted by Gasteiger charge is -2.56. The van der Waals surface area contributed by atoms with Crippen LogP contribution in [0.5, 0.6) is 0 Å². The van der Waals surface area contributed by atoms with Crippen LogP contribution >= 0.6 is 0 Å². The van der Waals surface area contributed by atoms with Gasteiger partial charge in [0.2, 0.25) is 0 Å². The summed E-state index contributed by atoms with van der Waals surface area (Å²) in [5.74, 6) is 2.99. The normalized spacial score (nSPS) is 44.0. The molecule has 11 atom stereocenters. The van der Waals surface area contributed by atoms with Crippen LogP contribution in [0.1, 0.15) is 93.9 Å². The van der Waals surface area contributed by atoms with Crippen molar-refractivity contribution >= 4 is 11.9 Å². The first-order valence-electron chi connectivity index (χ1n) is 14.8. The van der Waals surface area contributed by atoms with E-state index in [0.29, 0.717) is 53.1 Å². The zero-order valence-electron chi connectivity index (χ0n) is 24.2. The van der Waals surface area contributed by atoms with Crippen molar-refractivity contribution < 1.29 is 23.8 Å². The Morgan fingerprint density at radius 2 is 1.59 bits per heavy atom. The Balaban J connectivity index is 1.40. The summed E-state index contributed by atoms with van der Waals surface area (Å²) in [4.78, 5) is 23.8. The number of fused-ring (bicyclic) bond motifs is 5. The van der Waals surface area contributed by atoms with Crippen molar-refractivity contribution in [2.75, 3.05) is 0 Å². The quantitative estimate of drug-likeness (QED) is 0.294. The van der Waals surface area contributed by atoms with Gasteiger partial charge in [-0.25, -0.2) is 0 Å². The van der Waals surface area contributed by atoms with E-state index >= 15 is 0 Å². The fraction of sp³-hybridized carbons (Fsp3) is 0.812. The molecule has 0 N–H and O–H groups in total. The van der Waals surface area contributed by atoms with E-state index in [1.54, 1.807) is 5.57 Å². The van der Waals surface area contributed by atoms with Crippen LogP contribution in [0.2, 0.25) is 0 Å². The molecule has 1 heterocycles. The third-order valence-electron chi connectivity index (χ3n) is 11.6. The summed E-state index contributed by atoms with van der Waals surface area (Å²) < 4.78 is 17.8. The summed E-state index contributed by atoms with van der Waals surface area (Å²) in [7, 11) is 0. The number of esters is 2. The van der Waals surface area contributed by atoms with Crippen LogP contribution in [-0.2, 0) is 23.8 Å². The second-order valence-electron chi connectivity index (χ2n) is 13.8. The minimum absolute atomic E-state index is 0.0662. The summed E-state index contributed by atoms with van der Waals surface area (Å²) in [6.45, 7) is 17.2. The van der Waals surface area contributed by atoms with Crippen LogP contribution in [0.15, 0.2) is 23.3 Å². The molecule has 0 aromatic carbocycles. The third-order valence-corrected chi connectivity index (χ3v) is 11.6. The van der Waals surface area contributed by atoms with Crippen molar-refractivity contribution in [2.24, 2.45) is 46.3 Å². The van der Waals surface area contributed by atoms with E-state index in [4.69, 9.17) is 14.2 Å². The lowest BCUT2D eigenvalue weighted by atomic mass is 9.49. The maximum absolute atomic E-state index is 12.0. The van der Waals surface area contributed by atoms with E-state index in [2.05, 4.69) is 53.7 Å². The molecule has 4 aliphatic carbocycles. The molecule has 0 unspecified atom stereocenters. The number of hydrogen-bond donors (Lipinski definition) is 0. The van der Waals surface area contributed by atoms with Gasteiger partial charge in [-0.3, -0.25) is 9.59 Å². The first-order valence-corrected chi connectivity index (χ1v) is 14.8. The average Bonchev–Trinajstić information content (AvgIpc) is 3.53. The molecule has 0 aromatic heterocycles. The van der Waals surface area contributed by atoms with Gasteiger partial charge in [-0.2, -0.15) is 0 Å². The van der Waals surface area contributed by atoms with E-state index in [0.717, 1.165) is 24.8 Å². The predicted octanol–water partition coefficient (Wildman–Crippen LogP) is 6.65. The predicted molar refractivity (Wildman–Crippen MR) is 143 cm³/mol. The van der Waals surface area contributed by atoms with Crippen LogP contribution < -0.4 is 0 Å². The molecule has 3 saturated carbocycles. The summed E-state index contributed by atoms with van der Waals surface area (Å²) >= 11 is 0. The highest BCUT2D eigenvalue weighted by atomic mass is 16.6. The Morgan fingerprint density at radius 3 is 2.24 bits per heavy atom. The van der Waals surface area contributed by atoms with Gasteiger partial charge in [0.25, 0.3) is 0 Å². The molecule has 0 bridgehead atoms. The van der Waals surface area contributed by atoms with Crippen LogP contribution in [0.3, 0.4) is 0 Å². The van der Waals surface area contributed by atoms with Gasteiger partial charge in [0.1, 0.15) is 6.10 Å². The molecule has 37 heavy (non-hydrogen) atoms. The monoisotopic (exact) mass is 512 g/mol. The number of carbonyl (C=O) groups is 2. The van der Waals surface area contributed by atoms with Gasteiger partial charge in [-0.05, 0) is 90.4 Å². The van der Waals surface area contributed by atoms with Crippen LogP contribution in [0.4, 0.5) is 0 Å². The molecule has 0 spiro atoms. The molecule has 0 aromatic rings. The number of hydrogen-bond acceptors (Lipinski definition) is 5. The van der Waals surface area contributed by atoms with Crippen LogP contribution in [0, 0.1) is 46.3 Å². The molecule has 5 heteroatoms. The van der Waals surface area contributed by atoms with Gasteiger partial charge in [0.05, 0.1) is 12.2 Å². The van der Waals surface area contributed by atoms with Crippen molar-refractivity contribution in [2.45, 2.75) is 118 Å². The molecule has 5 rings (SSSR count). The van der Waals surface area contributed by atoms with Gasteiger partial charge in [0.15, 0.2) is 6.10 Å². The largest absolute Gasteiger partial charge is 0.458 e. The van der Waals surface area contributed by atoms with E-state index in [1.807, 2.05) is 0 Å². The van der Waals surface area contributed by atoms with E-state index in [1.165, 1.54) is 33.1 Å². The lowest BCUT2D eigenvalue weighted by Crippen LogP contribution is -2.52. The van der Waals surface area contributed by atoms with Gasteiger partial charge in [0, 0.05) is 13.8 Å². The maximum atomic E-state index is 12.0. The standard InChI is InChI=1S/C32H48O5/c1-17(2)18(3)28-29(37-28)19(4)23-11-12-24-22-9-10-26-30(36-21(6)34)27(35-20(5)33)14-16-32(26,8)25(22)13-15-31(23,24)7/h9-10,17-19,23-25,27-30H,11-16H2,1-8H3/t18-,19+,23-,24+,25+,27-,28-,29-,30-,31-,32-/m1/s1. The topological polar surface area (TPSA) is 65.1 Å². The number of carbonyl (C=O) groups excluding carboxylic acids is 2. The van der Waals surface area contributed by atoms with E-state index < -0.39 is 12.2 Å². The maximum Gasteiger partial charge on any atom is 0.303 e. The summed E-state index contributed by atoms with van der Waals surface area (Å²) in [5, 5.41) is 0. The molecule has 0 radical (unpaired) electrons. The summed E-state index contributed by atoms with van der Waals surface area (Å²) in [6, 6.07) is 0. The average molecular weight is 513 g/mol. The van der Waals surface area contributed by atoms with Gasteiger partial charge < -0.3 is 14.2 Å². The van der Waals surface area contributed by atoms with Crippen LogP contribution in [0.25, 0.3) is 0 Å². The van der Waals surface area contributed by atoms with Gasteiger partial charge in [-0.1, -0.05) is 59.3 Å². The summed E-state index contributed by atoms with van der Waals surface area (Å²) in [5.41, 5.74) is 3.00. The Bertz CT molecular complexity index is 995. The van der Waals surface area contributed by atoms with Crippen molar-refractivity contribution in [1.29, 1.82) is 0 Å². The molecule has 4 fully saturated rings. The highest BCUT2D eigenvalue weighted by molar-refractivity contribution is 5.68. The molecule has 206 valence electrons. The van der Waals surface area contributed by atoms with Gasteiger partial charge in [-0.15, -0.1) is 0 Å². The van der Waals surface area contributed by atoms with Crippen LogP contribution in [-0.4, -0.2) is 36.4 Å². The minimum Gasteiger partial charge on any atom is -0.458 e. The molecular weight excluding hydrogens is 464 g/mol. The summed E-state index contributed by atoms with van der Waals surface area (Å²) in [6.07, 6.45) is 11.2. The Labute approximate surface area is 223 Å². The molecule has 1 aliphatic heterocycles. The molecule has 0 amide bonds. The Morgan fingerprint density at radius 1 is 0.892 bits per heavy atom. The second-order valence-corrected chi connectivity index (χ2v) is 13.8. The van der Waals surface area contributed by atoms with Crippen molar-refractivity contribution in [3.63, 3.8) is 0 Å². The van der Waals surface area contributed by atoms with E-state index in [-0.39, 0.29) is 17.4 Å². The highest BCUT2D eigenvalue weighted by Crippen LogP contribution is 2.67. The highest BCUT2D eigenvalue weighted by Gasteiger charge is 2.61. The number of rotatable bonds is 6. The third kappa shape index (κ3) is 4.41. The zero-order valence-corrected chi connectivity index (χ0v) is 24.2. The van der Waals surface area contributed by atoms with Crippen molar-refractivity contribution in [3.05, 3.63) is 23.3 Å². The SMILES string of the molecule is CC(=O)O[C@@H]1C2=CC=C3[C@@H]4CC[C@H]([C@H](C)[C@H]5O[C@@H]5[C@H](C)C(C)C)[C@@]4(C)CC[C@@H]3[C@@]2(C)CC[C@H]1OC(C)=O. The first-order chi connectivity index (χ1) is 17.4. The second kappa shape index (κ2) is 9.54. The Hall–Kier alpha value is -1.62. The molecule has 5 aliphatic rings. The smallest absolute Gasteiger partial charge is 0.303 e. The number of ether oxygens (including phenoxy) is 3. The fourth-order valence-electron chi connectivity index (χ4n) is 9.17. The number of epoxide rings is 1. The Kier molecular flexibility index (Phi) is 6.95. The lowest BCUT2D eigenvalue weighted by molar-refractivity contribution is -0.167. The van der Waals surface area contributed by atoms with E-state index in [9.17, 15) is 9.59 Å². The fourth-order valence-corrected chi connectivity index (χ4v) is 9.17. The van der Waals surface area contributed by atoms with Crippen molar-refractivity contribution in [1.82, 2.24) is 0 Å². The zero-order chi connectivity index (χ0) is 26.9. The van der Waals surface area contributed by atoms with Gasteiger partial charge >= 0.3 is 11.9 Å². The molecule has 5 nitrogen and oxygen atoms in total. The molecular formula is C32H48O5. The number of allylic oxidation sites excluding steroid dienone is 3. The molecule has 1 saturated heterocycles.